The van der Waals surface area contributed by atoms with E-state index in [4.69, 9.17) is 16.3 Å². The average molecular weight is 462 g/mol. The van der Waals surface area contributed by atoms with Gasteiger partial charge in [0.2, 0.25) is 0 Å². The molecule has 0 amide bonds. The van der Waals surface area contributed by atoms with Crippen molar-refractivity contribution in [3.05, 3.63) is 47.1 Å². The lowest BCUT2D eigenvalue weighted by molar-refractivity contribution is 0.148. The molecule has 0 radical (unpaired) electrons. The smallest absolute Gasteiger partial charge is 0.161 e. The molecule has 1 aliphatic rings. The van der Waals surface area contributed by atoms with Gasteiger partial charge in [-0.1, -0.05) is 17.7 Å². The SMILES string of the molecule is COc1cnc2c(F)c(-c3c(O)cccc3F)c(Cl)cc2c1N1CCN(C(C)C)[C@H](C)C1. The molecule has 4 rings (SSSR count). The van der Waals surface area contributed by atoms with E-state index in [1.807, 2.05) is 0 Å². The second kappa shape index (κ2) is 8.71. The summed E-state index contributed by atoms with van der Waals surface area (Å²) in [4.78, 5) is 8.83. The van der Waals surface area contributed by atoms with Crippen LogP contribution in [0.25, 0.3) is 22.0 Å². The zero-order valence-electron chi connectivity index (χ0n) is 18.5. The van der Waals surface area contributed by atoms with Crippen molar-refractivity contribution >= 4 is 28.2 Å². The topological polar surface area (TPSA) is 48.8 Å². The molecule has 32 heavy (non-hydrogen) atoms. The van der Waals surface area contributed by atoms with Crippen molar-refractivity contribution in [3.8, 4) is 22.6 Å². The Kier molecular flexibility index (Phi) is 6.14. The maximum Gasteiger partial charge on any atom is 0.161 e. The summed E-state index contributed by atoms with van der Waals surface area (Å²) in [5, 5.41) is 10.7. The van der Waals surface area contributed by atoms with Crippen molar-refractivity contribution in [2.24, 2.45) is 0 Å². The second-order valence-electron chi connectivity index (χ2n) is 8.38. The molecule has 1 fully saturated rings. The fourth-order valence-electron chi connectivity index (χ4n) is 4.64. The van der Waals surface area contributed by atoms with Crippen LogP contribution in [0, 0.1) is 11.6 Å². The molecule has 1 atom stereocenters. The summed E-state index contributed by atoms with van der Waals surface area (Å²) >= 11 is 6.47. The predicted octanol–water partition coefficient (Wildman–Crippen LogP) is 5.47. The van der Waals surface area contributed by atoms with Gasteiger partial charge in [-0.2, -0.15) is 0 Å². The summed E-state index contributed by atoms with van der Waals surface area (Å²) in [5.41, 5.74) is 0.256. The van der Waals surface area contributed by atoms with E-state index in [1.54, 1.807) is 13.2 Å². The van der Waals surface area contributed by atoms with E-state index < -0.39 is 17.4 Å². The summed E-state index contributed by atoms with van der Waals surface area (Å²) in [6.45, 7) is 8.81. The third-order valence-electron chi connectivity index (χ3n) is 6.11. The van der Waals surface area contributed by atoms with E-state index in [0.29, 0.717) is 22.9 Å². The van der Waals surface area contributed by atoms with Crippen LogP contribution in [0.2, 0.25) is 5.02 Å². The first kappa shape index (κ1) is 22.6. The molecule has 2 heterocycles. The molecule has 0 unspecified atom stereocenters. The van der Waals surface area contributed by atoms with Crippen molar-refractivity contribution in [3.63, 3.8) is 0 Å². The van der Waals surface area contributed by atoms with E-state index in [-0.39, 0.29) is 27.7 Å². The summed E-state index contributed by atoms with van der Waals surface area (Å²) in [5.74, 6) is -1.43. The first-order valence-electron chi connectivity index (χ1n) is 10.6. The fraction of sp³-hybridized carbons (Fsp3) is 0.375. The Bertz CT molecular complexity index is 1150. The molecular weight excluding hydrogens is 436 g/mol. The Balaban J connectivity index is 1.90. The highest BCUT2D eigenvalue weighted by atomic mass is 35.5. The molecule has 3 aromatic rings. The van der Waals surface area contributed by atoms with E-state index in [2.05, 4.69) is 35.6 Å². The number of phenolic OH excluding ortho intramolecular Hbond substituents is 1. The standard InChI is InChI=1S/C24H26ClF2N3O2/c1-13(2)30-9-8-29(12-14(30)3)24-15-10-16(25)20(21-17(26)6-5-7-18(21)31)22(27)23(15)28-11-19(24)32-4/h5-7,10-11,13-14,31H,8-9,12H2,1-4H3/t14-/m1/s1. The normalized spacial score (nSPS) is 17.4. The van der Waals surface area contributed by atoms with Crippen LogP contribution in [0.15, 0.2) is 30.5 Å². The van der Waals surface area contributed by atoms with Crippen LogP contribution >= 0.6 is 11.6 Å². The van der Waals surface area contributed by atoms with E-state index >= 15 is 4.39 Å². The van der Waals surface area contributed by atoms with Gasteiger partial charge in [0, 0.05) is 42.7 Å². The number of pyridine rings is 1. The Morgan fingerprint density at radius 1 is 1.22 bits per heavy atom. The zero-order valence-corrected chi connectivity index (χ0v) is 19.2. The monoisotopic (exact) mass is 461 g/mol. The van der Waals surface area contributed by atoms with Gasteiger partial charge in [-0.05, 0) is 39.0 Å². The van der Waals surface area contributed by atoms with E-state index in [1.165, 1.54) is 18.3 Å². The Hall–Kier alpha value is -2.64. The number of aromatic hydroxyl groups is 1. The van der Waals surface area contributed by atoms with Gasteiger partial charge in [-0.3, -0.25) is 4.90 Å². The lowest BCUT2D eigenvalue weighted by Gasteiger charge is -2.43. The quantitative estimate of drug-likeness (QED) is 0.558. The molecule has 1 N–H and O–H groups in total. The number of hydrogen-bond acceptors (Lipinski definition) is 5. The maximum atomic E-state index is 15.7. The van der Waals surface area contributed by atoms with Gasteiger partial charge < -0.3 is 14.7 Å². The molecular formula is C24H26ClF2N3O2. The number of rotatable bonds is 4. The van der Waals surface area contributed by atoms with Gasteiger partial charge in [0.25, 0.3) is 0 Å². The number of methoxy groups -OCH3 is 1. The van der Waals surface area contributed by atoms with Crippen molar-refractivity contribution in [1.82, 2.24) is 9.88 Å². The molecule has 0 aliphatic carbocycles. The lowest BCUT2D eigenvalue weighted by atomic mass is 9.99. The number of aromatic nitrogens is 1. The van der Waals surface area contributed by atoms with Crippen molar-refractivity contribution in [2.45, 2.75) is 32.9 Å². The highest BCUT2D eigenvalue weighted by Crippen LogP contribution is 2.44. The third kappa shape index (κ3) is 3.73. The number of phenols is 1. The summed E-state index contributed by atoms with van der Waals surface area (Å²) < 4.78 is 35.8. The van der Waals surface area contributed by atoms with E-state index in [9.17, 15) is 9.50 Å². The molecule has 8 heteroatoms. The van der Waals surface area contributed by atoms with Gasteiger partial charge in [-0.15, -0.1) is 0 Å². The number of ether oxygens (including phenoxy) is 1. The van der Waals surface area contributed by atoms with Crippen molar-refractivity contribution in [2.75, 3.05) is 31.6 Å². The van der Waals surface area contributed by atoms with Gasteiger partial charge in [0.15, 0.2) is 11.6 Å². The van der Waals surface area contributed by atoms with Gasteiger partial charge >= 0.3 is 0 Å². The van der Waals surface area contributed by atoms with Gasteiger partial charge in [0.05, 0.1) is 29.6 Å². The lowest BCUT2D eigenvalue weighted by Crippen LogP contribution is -2.54. The molecule has 0 saturated carbocycles. The third-order valence-corrected chi connectivity index (χ3v) is 6.41. The number of halogens is 3. The van der Waals surface area contributed by atoms with Crippen LogP contribution in [-0.4, -0.2) is 53.8 Å². The van der Waals surface area contributed by atoms with Crippen LogP contribution in [0.3, 0.4) is 0 Å². The highest BCUT2D eigenvalue weighted by Gasteiger charge is 2.30. The summed E-state index contributed by atoms with van der Waals surface area (Å²) in [7, 11) is 1.55. The van der Waals surface area contributed by atoms with Crippen molar-refractivity contribution in [1.29, 1.82) is 0 Å². The van der Waals surface area contributed by atoms with Crippen LogP contribution < -0.4 is 9.64 Å². The minimum atomic E-state index is -0.786. The molecule has 2 aromatic carbocycles. The largest absolute Gasteiger partial charge is 0.507 e. The number of piperazine rings is 1. The molecule has 170 valence electrons. The molecule has 0 spiro atoms. The van der Waals surface area contributed by atoms with Crippen LogP contribution in [-0.2, 0) is 0 Å². The van der Waals surface area contributed by atoms with Crippen LogP contribution in [0.5, 0.6) is 11.5 Å². The Morgan fingerprint density at radius 3 is 2.59 bits per heavy atom. The maximum absolute atomic E-state index is 15.7. The zero-order chi connectivity index (χ0) is 23.2. The minimum Gasteiger partial charge on any atom is -0.507 e. The number of fused-ring (bicyclic) bond motifs is 1. The highest BCUT2D eigenvalue weighted by molar-refractivity contribution is 6.34. The minimum absolute atomic E-state index is 0.0134. The van der Waals surface area contributed by atoms with Gasteiger partial charge in [0.1, 0.15) is 17.1 Å². The van der Waals surface area contributed by atoms with Crippen LogP contribution in [0.1, 0.15) is 20.8 Å². The molecule has 1 aromatic heterocycles. The fourth-order valence-corrected chi connectivity index (χ4v) is 4.93. The number of anilines is 1. The van der Waals surface area contributed by atoms with Crippen molar-refractivity contribution < 1.29 is 18.6 Å². The number of benzene rings is 2. The number of hydrogen-bond donors (Lipinski definition) is 1. The molecule has 0 bridgehead atoms. The van der Waals surface area contributed by atoms with E-state index in [0.717, 1.165) is 25.7 Å². The number of nitrogens with zero attached hydrogens (tertiary/aromatic N) is 3. The summed E-state index contributed by atoms with van der Waals surface area (Å²) in [6.07, 6.45) is 1.47. The predicted molar refractivity (Wildman–Crippen MR) is 124 cm³/mol. The van der Waals surface area contributed by atoms with Crippen LogP contribution in [0.4, 0.5) is 14.5 Å². The molecule has 1 aliphatic heterocycles. The Labute approximate surface area is 191 Å². The second-order valence-corrected chi connectivity index (χ2v) is 8.79. The first-order valence-corrected chi connectivity index (χ1v) is 11.0. The molecule has 5 nitrogen and oxygen atoms in total. The van der Waals surface area contributed by atoms with Gasteiger partial charge in [-0.25, -0.2) is 13.8 Å². The first-order chi connectivity index (χ1) is 15.2. The average Bonchev–Trinajstić information content (AvgIpc) is 2.74. The Morgan fingerprint density at radius 2 is 1.97 bits per heavy atom. The summed E-state index contributed by atoms with van der Waals surface area (Å²) in [6, 6.07) is 6.07. The molecule has 1 saturated heterocycles.